The molecule has 1 heterocycles. The molecule has 0 bridgehead atoms. The van der Waals surface area contributed by atoms with Gasteiger partial charge < -0.3 is 9.73 Å². The van der Waals surface area contributed by atoms with Gasteiger partial charge in [0.15, 0.2) is 10.7 Å². The van der Waals surface area contributed by atoms with E-state index in [0.717, 1.165) is 5.56 Å². The molecule has 0 spiro atoms. The smallest absolute Gasteiger partial charge is 0.257 e. The third-order valence-electron chi connectivity index (χ3n) is 4.35. The molecule has 5 nitrogen and oxygen atoms in total. The Balaban J connectivity index is 1.49. The molecule has 0 aliphatic rings. The van der Waals surface area contributed by atoms with Crippen LogP contribution < -0.4 is 10.6 Å². The number of hydrogen-bond acceptors (Lipinski definition) is 4. The van der Waals surface area contributed by atoms with Crippen LogP contribution in [0.3, 0.4) is 0 Å². The van der Waals surface area contributed by atoms with Crippen molar-refractivity contribution in [1.29, 1.82) is 0 Å². The Morgan fingerprint density at radius 1 is 1.07 bits per heavy atom. The highest BCUT2D eigenvalue weighted by Crippen LogP contribution is 2.26. The second-order valence-corrected chi connectivity index (χ2v) is 6.84. The zero-order chi connectivity index (χ0) is 20.4. The van der Waals surface area contributed by atoms with Gasteiger partial charge in [0.05, 0.1) is 0 Å². The lowest BCUT2D eigenvalue weighted by Crippen LogP contribution is -2.34. The van der Waals surface area contributed by atoms with Crippen LogP contribution >= 0.6 is 12.2 Å². The molecule has 144 valence electrons. The van der Waals surface area contributed by atoms with Crippen LogP contribution in [0.2, 0.25) is 0 Å². The zero-order valence-corrected chi connectivity index (χ0v) is 16.2. The fourth-order valence-electron chi connectivity index (χ4n) is 2.88. The Hall–Kier alpha value is -3.58. The normalized spacial score (nSPS) is 10.7. The maximum atomic E-state index is 13.1. The Morgan fingerprint density at radius 3 is 2.59 bits per heavy atom. The van der Waals surface area contributed by atoms with Gasteiger partial charge in [-0.15, -0.1) is 0 Å². The van der Waals surface area contributed by atoms with Crippen molar-refractivity contribution in [3.8, 4) is 11.5 Å². The van der Waals surface area contributed by atoms with E-state index in [1.165, 1.54) is 12.1 Å². The van der Waals surface area contributed by atoms with E-state index >= 15 is 0 Å². The average Bonchev–Trinajstić information content (AvgIpc) is 3.12. The van der Waals surface area contributed by atoms with Crippen LogP contribution in [0, 0.1) is 12.7 Å². The van der Waals surface area contributed by atoms with Crippen molar-refractivity contribution in [2.75, 3.05) is 5.32 Å². The number of aromatic nitrogens is 1. The molecule has 7 heteroatoms. The van der Waals surface area contributed by atoms with Gasteiger partial charge in [-0.2, -0.15) is 0 Å². The summed E-state index contributed by atoms with van der Waals surface area (Å²) in [6.45, 7) is 1.86. The second-order valence-electron chi connectivity index (χ2n) is 6.43. The lowest BCUT2D eigenvalue weighted by molar-refractivity contribution is 0.0977. The van der Waals surface area contributed by atoms with E-state index in [-0.39, 0.29) is 16.8 Å². The third-order valence-corrected chi connectivity index (χ3v) is 4.56. The minimum Gasteiger partial charge on any atom is -0.436 e. The SMILES string of the molecule is Cc1ccccc1C(=O)NC(=S)Nc1ccc2oc(-c3ccc(F)cc3)nc2c1. The molecule has 29 heavy (non-hydrogen) atoms. The van der Waals surface area contributed by atoms with Crippen molar-refractivity contribution in [3.63, 3.8) is 0 Å². The third kappa shape index (κ3) is 4.14. The molecule has 0 radical (unpaired) electrons. The number of benzene rings is 3. The molecule has 2 N–H and O–H groups in total. The summed E-state index contributed by atoms with van der Waals surface area (Å²) in [7, 11) is 0. The van der Waals surface area contributed by atoms with Gasteiger partial charge in [-0.25, -0.2) is 9.37 Å². The standard InChI is InChI=1S/C22H16FN3O2S/c1-13-4-2-3-5-17(13)20(27)26-22(29)24-16-10-11-19-18(12-16)25-21(28-19)14-6-8-15(23)9-7-14/h2-12H,1H3,(H2,24,26,27,29). The number of anilines is 1. The van der Waals surface area contributed by atoms with E-state index in [0.29, 0.717) is 33.8 Å². The number of amides is 1. The molecular formula is C22H16FN3O2S. The van der Waals surface area contributed by atoms with Crippen LogP contribution in [0.15, 0.2) is 71.1 Å². The van der Waals surface area contributed by atoms with Gasteiger partial charge in [0, 0.05) is 16.8 Å². The van der Waals surface area contributed by atoms with Crippen molar-refractivity contribution in [1.82, 2.24) is 10.3 Å². The second kappa shape index (κ2) is 7.81. The minimum atomic E-state index is -0.322. The van der Waals surface area contributed by atoms with E-state index in [9.17, 15) is 9.18 Å². The highest BCUT2D eigenvalue weighted by Gasteiger charge is 2.12. The Bertz CT molecular complexity index is 1220. The van der Waals surface area contributed by atoms with Crippen LogP contribution in [-0.4, -0.2) is 16.0 Å². The van der Waals surface area contributed by atoms with Crippen LogP contribution in [0.1, 0.15) is 15.9 Å². The Kier molecular flexibility index (Phi) is 5.05. The Morgan fingerprint density at radius 2 is 1.83 bits per heavy atom. The van der Waals surface area contributed by atoms with Gasteiger partial charge in [-0.1, -0.05) is 18.2 Å². The number of oxazole rings is 1. The molecule has 0 saturated carbocycles. The molecule has 3 aromatic carbocycles. The van der Waals surface area contributed by atoms with Gasteiger partial charge in [0.25, 0.3) is 5.91 Å². The summed E-state index contributed by atoms with van der Waals surface area (Å²) in [5, 5.41) is 5.83. The minimum absolute atomic E-state index is 0.180. The first kappa shape index (κ1) is 18.8. The molecule has 1 aromatic heterocycles. The maximum Gasteiger partial charge on any atom is 0.257 e. The molecule has 0 saturated heterocycles. The van der Waals surface area contributed by atoms with Gasteiger partial charge in [0.2, 0.25) is 5.89 Å². The molecule has 0 atom stereocenters. The summed E-state index contributed by atoms with van der Waals surface area (Å²) in [6, 6.07) is 18.5. The number of nitrogens with zero attached hydrogens (tertiary/aromatic N) is 1. The van der Waals surface area contributed by atoms with Crippen molar-refractivity contribution in [2.24, 2.45) is 0 Å². The highest BCUT2D eigenvalue weighted by atomic mass is 32.1. The van der Waals surface area contributed by atoms with Gasteiger partial charge in [-0.05, 0) is 73.2 Å². The molecule has 4 rings (SSSR count). The average molecular weight is 405 g/mol. The largest absolute Gasteiger partial charge is 0.436 e. The monoisotopic (exact) mass is 405 g/mol. The molecule has 0 aliphatic heterocycles. The first-order chi connectivity index (χ1) is 14.0. The lowest BCUT2D eigenvalue weighted by atomic mass is 10.1. The summed E-state index contributed by atoms with van der Waals surface area (Å²) in [5.41, 5.74) is 3.97. The topological polar surface area (TPSA) is 67.2 Å². The van der Waals surface area contributed by atoms with Crippen LogP contribution in [-0.2, 0) is 0 Å². The predicted molar refractivity (Wildman–Crippen MR) is 114 cm³/mol. The number of hydrogen-bond donors (Lipinski definition) is 2. The summed E-state index contributed by atoms with van der Waals surface area (Å²) in [4.78, 5) is 16.8. The molecular weight excluding hydrogens is 389 g/mol. The quantitative estimate of drug-likeness (QED) is 0.466. The number of thiocarbonyl (C=S) groups is 1. The van der Waals surface area contributed by atoms with Gasteiger partial charge in [0.1, 0.15) is 11.3 Å². The Labute approximate surface area is 171 Å². The summed E-state index contributed by atoms with van der Waals surface area (Å²) in [5.74, 6) is -0.202. The number of aryl methyl sites for hydroxylation is 1. The van der Waals surface area contributed by atoms with Gasteiger partial charge in [-0.3, -0.25) is 10.1 Å². The highest BCUT2D eigenvalue weighted by molar-refractivity contribution is 7.80. The fourth-order valence-corrected chi connectivity index (χ4v) is 3.09. The van der Waals surface area contributed by atoms with Gasteiger partial charge >= 0.3 is 0 Å². The number of halogens is 1. The molecule has 4 aromatic rings. The number of nitrogens with one attached hydrogen (secondary N) is 2. The van der Waals surface area contributed by atoms with Crippen molar-refractivity contribution in [2.45, 2.75) is 6.92 Å². The van der Waals surface area contributed by atoms with Crippen molar-refractivity contribution < 1.29 is 13.6 Å². The van der Waals surface area contributed by atoms with Crippen molar-refractivity contribution in [3.05, 3.63) is 83.7 Å². The lowest BCUT2D eigenvalue weighted by Gasteiger charge is -2.10. The summed E-state index contributed by atoms with van der Waals surface area (Å²) >= 11 is 5.25. The van der Waals surface area contributed by atoms with E-state index in [4.69, 9.17) is 16.6 Å². The zero-order valence-electron chi connectivity index (χ0n) is 15.4. The first-order valence-corrected chi connectivity index (χ1v) is 9.25. The summed E-state index contributed by atoms with van der Waals surface area (Å²) < 4.78 is 18.8. The predicted octanol–water partition coefficient (Wildman–Crippen LogP) is 5.07. The molecule has 1 amide bonds. The number of fused-ring (bicyclic) bond motifs is 1. The number of carbonyl (C=O) groups excluding carboxylic acids is 1. The van der Waals surface area contributed by atoms with Crippen LogP contribution in [0.25, 0.3) is 22.6 Å². The van der Waals surface area contributed by atoms with Crippen LogP contribution in [0.4, 0.5) is 10.1 Å². The van der Waals surface area contributed by atoms with E-state index < -0.39 is 0 Å². The molecule has 0 unspecified atom stereocenters. The molecule has 0 aliphatic carbocycles. The van der Waals surface area contributed by atoms with E-state index in [2.05, 4.69) is 15.6 Å². The fraction of sp³-hybridized carbons (Fsp3) is 0.0455. The van der Waals surface area contributed by atoms with E-state index in [1.54, 1.807) is 42.5 Å². The summed E-state index contributed by atoms with van der Waals surface area (Å²) in [6.07, 6.45) is 0. The molecule has 0 fully saturated rings. The number of rotatable bonds is 3. The van der Waals surface area contributed by atoms with E-state index in [1.807, 2.05) is 19.1 Å². The number of carbonyl (C=O) groups is 1. The van der Waals surface area contributed by atoms with Crippen LogP contribution in [0.5, 0.6) is 0 Å². The van der Waals surface area contributed by atoms with Crippen molar-refractivity contribution >= 4 is 40.0 Å². The maximum absolute atomic E-state index is 13.1. The first-order valence-electron chi connectivity index (χ1n) is 8.84.